The molecule has 2 aromatic heterocycles. The van der Waals surface area contributed by atoms with Gasteiger partial charge in [-0.1, -0.05) is 170 Å². The molecule has 0 radical (unpaired) electrons. The topological polar surface area (TPSA) is 16.4 Å². The molecule has 3 heteroatoms. The van der Waals surface area contributed by atoms with Crippen molar-refractivity contribution in [1.82, 2.24) is 0 Å². The van der Waals surface area contributed by atoms with Crippen LogP contribution in [-0.2, 0) is 0 Å². The van der Waals surface area contributed by atoms with Crippen LogP contribution in [0.1, 0.15) is 0 Å². The highest BCUT2D eigenvalue weighted by Gasteiger charge is 2.23. The van der Waals surface area contributed by atoms with Gasteiger partial charge >= 0.3 is 0 Å². The minimum Gasteiger partial charge on any atom is -0.456 e. The van der Waals surface area contributed by atoms with E-state index in [2.05, 4.69) is 229 Å². The summed E-state index contributed by atoms with van der Waals surface area (Å²) in [5.74, 6) is 0. The van der Waals surface area contributed by atoms with E-state index in [0.717, 1.165) is 72.4 Å². The smallest absolute Gasteiger partial charge is 0.136 e. The molecular formula is C60H39NOS. The zero-order chi connectivity index (χ0) is 41.7. The van der Waals surface area contributed by atoms with E-state index >= 15 is 0 Å². The van der Waals surface area contributed by atoms with Gasteiger partial charge in [-0.3, -0.25) is 0 Å². The van der Waals surface area contributed by atoms with Crippen LogP contribution >= 0.6 is 11.3 Å². The molecule has 12 aromatic rings. The first-order chi connectivity index (χ1) is 31.2. The maximum Gasteiger partial charge on any atom is 0.136 e. The van der Waals surface area contributed by atoms with Crippen LogP contribution in [0.15, 0.2) is 241 Å². The molecule has 0 amide bonds. The normalized spacial score (nSPS) is 11.5. The summed E-state index contributed by atoms with van der Waals surface area (Å²) in [6.07, 6.45) is 0. The van der Waals surface area contributed by atoms with Crippen LogP contribution < -0.4 is 4.90 Å². The Morgan fingerprint density at radius 3 is 1.59 bits per heavy atom. The number of hydrogen-bond acceptors (Lipinski definition) is 3. The molecule has 0 aliphatic carbocycles. The fourth-order valence-electron chi connectivity index (χ4n) is 9.24. The zero-order valence-electron chi connectivity index (χ0n) is 34.3. The molecule has 12 rings (SSSR count). The number of thiophene rings is 1. The van der Waals surface area contributed by atoms with Crippen molar-refractivity contribution in [2.24, 2.45) is 0 Å². The Bertz CT molecular complexity index is 3620. The molecule has 0 spiro atoms. The summed E-state index contributed by atoms with van der Waals surface area (Å²) in [6.45, 7) is 0. The number of anilines is 3. The van der Waals surface area contributed by atoms with E-state index in [0.29, 0.717) is 0 Å². The van der Waals surface area contributed by atoms with Crippen molar-refractivity contribution in [3.8, 4) is 55.6 Å². The van der Waals surface area contributed by atoms with E-state index in [-0.39, 0.29) is 0 Å². The maximum atomic E-state index is 6.49. The predicted molar refractivity (Wildman–Crippen MR) is 268 cm³/mol. The van der Waals surface area contributed by atoms with Gasteiger partial charge in [-0.2, -0.15) is 0 Å². The molecule has 0 unspecified atom stereocenters. The van der Waals surface area contributed by atoms with Crippen LogP contribution in [0.25, 0.3) is 97.7 Å². The van der Waals surface area contributed by atoms with E-state index in [9.17, 15) is 0 Å². The quantitative estimate of drug-likeness (QED) is 0.152. The Labute approximate surface area is 370 Å². The molecule has 63 heavy (non-hydrogen) atoms. The number of hydrogen-bond donors (Lipinski definition) is 0. The highest BCUT2D eigenvalue weighted by molar-refractivity contribution is 7.25. The fraction of sp³-hybridized carbons (Fsp3) is 0. The molecule has 0 bridgehead atoms. The van der Waals surface area contributed by atoms with Gasteiger partial charge < -0.3 is 9.32 Å². The predicted octanol–water partition coefficient (Wildman–Crippen LogP) is 17.8. The number of furan rings is 1. The number of benzene rings is 10. The van der Waals surface area contributed by atoms with Crippen LogP contribution in [-0.4, -0.2) is 0 Å². The third kappa shape index (κ3) is 6.67. The van der Waals surface area contributed by atoms with Crippen LogP contribution in [0.3, 0.4) is 0 Å². The summed E-state index contributed by atoms with van der Waals surface area (Å²) in [5, 5.41) is 4.83. The number of rotatable bonds is 8. The van der Waals surface area contributed by atoms with Gasteiger partial charge in [0.15, 0.2) is 0 Å². The molecule has 2 nitrogen and oxygen atoms in total. The molecule has 0 saturated heterocycles. The van der Waals surface area contributed by atoms with Crippen LogP contribution in [0.2, 0.25) is 0 Å². The van der Waals surface area contributed by atoms with Crippen molar-refractivity contribution >= 4 is 70.5 Å². The summed E-state index contributed by atoms with van der Waals surface area (Å²) in [6, 6.07) is 85.6. The Morgan fingerprint density at radius 1 is 0.302 bits per heavy atom. The summed E-state index contributed by atoms with van der Waals surface area (Å²) < 4.78 is 9.10. The van der Waals surface area contributed by atoms with Crippen molar-refractivity contribution in [1.29, 1.82) is 0 Å². The molecule has 0 aliphatic rings. The van der Waals surface area contributed by atoms with Gasteiger partial charge in [-0.25, -0.2) is 0 Å². The molecule has 0 saturated carbocycles. The third-order valence-corrected chi connectivity index (χ3v) is 13.4. The van der Waals surface area contributed by atoms with Gasteiger partial charge in [0.1, 0.15) is 11.2 Å². The van der Waals surface area contributed by atoms with E-state index in [1.165, 1.54) is 42.4 Å². The van der Waals surface area contributed by atoms with Crippen LogP contribution in [0.4, 0.5) is 17.1 Å². The second-order valence-electron chi connectivity index (χ2n) is 16.1. The summed E-state index contributed by atoms with van der Waals surface area (Å²) in [7, 11) is 0. The first-order valence-electron chi connectivity index (χ1n) is 21.4. The first-order valence-corrected chi connectivity index (χ1v) is 22.2. The van der Waals surface area contributed by atoms with E-state index in [4.69, 9.17) is 4.42 Å². The van der Waals surface area contributed by atoms with Crippen LogP contribution in [0.5, 0.6) is 0 Å². The van der Waals surface area contributed by atoms with Gasteiger partial charge in [0.25, 0.3) is 0 Å². The third-order valence-electron chi connectivity index (χ3n) is 12.3. The monoisotopic (exact) mass is 821 g/mol. The lowest BCUT2D eigenvalue weighted by Crippen LogP contribution is -2.12. The van der Waals surface area contributed by atoms with E-state index in [1.807, 2.05) is 23.5 Å². The lowest BCUT2D eigenvalue weighted by Gasteiger charge is -2.30. The maximum absolute atomic E-state index is 6.49. The molecule has 296 valence electrons. The standard InChI is InChI=1S/C60H39NOS/c1-3-14-40(15-4-1)42-28-30-43(31-29-42)60-50(47-32-34-52-51-22-7-9-26-56(51)62-57(52)39-47)24-13-25-55(60)61(48-20-11-18-44(36-48)41-16-5-2-6-17-41)49-21-12-19-45(37-49)46-33-35-59-54(38-46)53-23-8-10-27-58(53)63-59/h1-39H. The number of nitrogens with zero attached hydrogens (tertiary/aromatic N) is 1. The van der Waals surface area contributed by atoms with E-state index < -0.39 is 0 Å². The number of fused-ring (bicyclic) bond motifs is 6. The molecule has 0 fully saturated rings. The SMILES string of the molecule is c1ccc(-c2ccc(-c3c(-c4ccc5c(c4)oc4ccccc45)cccc3N(c3cccc(-c4ccccc4)c3)c3cccc(-c4ccc5sc6ccccc6c5c4)c3)cc2)cc1. The summed E-state index contributed by atoms with van der Waals surface area (Å²) in [4.78, 5) is 2.44. The molecule has 0 atom stereocenters. The lowest BCUT2D eigenvalue weighted by atomic mass is 9.90. The number of para-hydroxylation sites is 1. The summed E-state index contributed by atoms with van der Waals surface area (Å²) in [5.41, 5.74) is 16.5. The van der Waals surface area contributed by atoms with Crippen molar-refractivity contribution in [2.45, 2.75) is 0 Å². The first kappa shape index (κ1) is 36.8. The zero-order valence-corrected chi connectivity index (χ0v) is 35.1. The minimum absolute atomic E-state index is 0.875. The molecule has 0 aliphatic heterocycles. The average Bonchev–Trinajstić information content (AvgIpc) is 3.93. The van der Waals surface area contributed by atoms with Crippen LogP contribution in [0, 0.1) is 0 Å². The van der Waals surface area contributed by atoms with Gasteiger partial charge in [0, 0.05) is 47.9 Å². The van der Waals surface area contributed by atoms with E-state index in [1.54, 1.807) is 0 Å². The second-order valence-corrected chi connectivity index (χ2v) is 17.1. The molecular weight excluding hydrogens is 783 g/mol. The average molecular weight is 822 g/mol. The van der Waals surface area contributed by atoms with Crippen molar-refractivity contribution < 1.29 is 4.42 Å². The van der Waals surface area contributed by atoms with Gasteiger partial charge in [-0.05, 0) is 117 Å². The Morgan fingerprint density at radius 2 is 0.825 bits per heavy atom. The molecule has 0 N–H and O–H groups in total. The Kier molecular flexibility index (Phi) is 9.06. The van der Waals surface area contributed by atoms with Crippen molar-refractivity contribution in [3.05, 3.63) is 237 Å². The molecule has 2 heterocycles. The largest absolute Gasteiger partial charge is 0.456 e. The lowest BCUT2D eigenvalue weighted by molar-refractivity contribution is 0.669. The highest BCUT2D eigenvalue weighted by atomic mass is 32.1. The minimum atomic E-state index is 0.875. The Balaban J connectivity index is 1.09. The highest BCUT2D eigenvalue weighted by Crippen LogP contribution is 2.48. The molecule has 10 aromatic carbocycles. The second kappa shape index (κ2) is 15.5. The van der Waals surface area contributed by atoms with Crippen molar-refractivity contribution in [3.63, 3.8) is 0 Å². The van der Waals surface area contributed by atoms with Gasteiger partial charge in [0.05, 0.1) is 5.69 Å². The van der Waals surface area contributed by atoms with Gasteiger partial charge in [-0.15, -0.1) is 11.3 Å². The van der Waals surface area contributed by atoms with Gasteiger partial charge in [0.2, 0.25) is 0 Å². The van der Waals surface area contributed by atoms with Crippen molar-refractivity contribution in [2.75, 3.05) is 4.90 Å². The Hall–Kier alpha value is -7.98. The fourth-order valence-corrected chi connectivity index (χ4v) is 10.3. The summed E-state index contributed by atoms with van der Waals surface area (Å²) >= 11 is 1.85.